The van der Waals surface area contributed by atoms with Gasteiger partial charge in [-0.15, -0.1) is 0 Å². The van der Waals surface area contributed by atoms with Crippen LogP contribution in [0, 0.1) is 0 Å². The number of amides is 2. The number of hydrogen-bond acceptors (Lipinski definition) is 6. The molecule has 0 aliphatic carbocycles. The Kier molecular flexibility index (Phi) is 6.85. The van der Waals surface area contributed by atoms with Crippen molar-refractivity contribution >= 4 is 29.0 Å². The van der Waals surface area contributed by atoms with E-state index in [2.05, 4.69) is 25.9 Å². The smallest absolute Gasteiger partial charge is 0.270 e. The fourth-order valence-electron chi connectivity index (χ4n) is 2.05. The lowest BCUT2D eigenvalue weighted by molar-refractivity contribution is -0.114. The second-order valence-corrected chi connectivity index (χ2v) is 5.27. The zero-order valence-electron chi connectivity index (χ0n) is 14.2. The predicted octanol–water partition coefficient (Wildman–Crippen LogP) is 1.94. The number of carbonyl (C=O) groups is 2. The minimum Gasteiger partial charge on any atom is -0.385 e. The minimum absolute atomic E-state index is 0.127. The van der Waals surface area contributed by atoms with Crippen molar-refractivity contribution in [3.8, 4) is 0 Å². The van der Waals surface area contributed by atoms with Gasteiger partial charge in [0.25, 0.3) is 5.91 Å². The van der Waals surface area contributed by atoms with E-state index in [0.717, 1.165) is 12.1 Å². The topological polar surface area (TPSA) is 105 Å². The fraction of sp³-hybridized carbons (Fsp3) is 0.294. The van der Waals surface area contributed by atoms with Gasteiger partial charge in [-0.3, -0.25) is 9.59 Å². The molecule has 2 rings (SSSR count). The van der Waals surface area contributed by atoms with Crippen molar-refractivity contribution in [3.05, 3.63) is 42.4 Å². The van der Waals surface area contributed by atoms with Crippen LogP contribution in [0.15, 0.2) is 36.7 Å². The van der Waals surface area contributed by atoms with Crippen molar-refractivity contribution in [2.45, 2.75) is 13.3 Å². The van der Waals surface area contributed by atoms with E-state index < -0.39 is 0 Å². The Balaban J connectivity index is 1.96. The number of aromatic nitrogens is 2. The molecule has 2 aromatic rings. The number of nitrogens with one attached hydrogen (secondary N) is 3. The van der Waals surface area contributed by atoms with E-state index in [0.29, 0.717) is 24.7 Å². The molecule has 0 aliphatic rings. The third-order valence-corrected chi connectivity index (χ3v) is 3.19. The predicted molar refractivity (Wildman–Crippen MR) is 94.9 cm³/mol. The van der Waals surface area contributed by atoms with Crippen molar-refractivity contribution in [2.75, 3.05) is 30.9 Å². The lowest BCUT2D eigenvalue weighted by Crippen LogP contribution is -2.26. The number of rotatable bonds is 8. The Bertz CT molecular complexity index is 718. The molecule has 0 bridgehead atoms. The molecule has 8 heteroatoms. The number of methoxy groups -OCH3 is 1. The van der Waals surface area contributed by atoms with Crippen LogP contribution >= 0.6 is 0 Å². The van der Waals surface area contributed by atoms with Crippen LogP contribution in [-0.2, 0) is 9.53 Å². The Morgan fingerprint density at radius 2 is 1.84 bits per heavy atom. The lowest BCUT2D eigenvalue weighted by atomic mass is 10.2. The summed E-state index contributed by atoms with van der Waals surface area (Å²) in [6, 6.07) is 8.73. The fourth-order valence-corrected chi connectivity index (χ4v) is 2.05. The molecule has 0 unspecified atom stereocenters. The Morgan fingerprint density at radius 3 is 2.52 bits per heavy atom. The first-order chi connectivity index (χ1) is 12.1. The van der Waals surface area contributed by atoms with Crippen LogP contribution in [0.3, 0.4) is 0 Å². The minimum atomic E-state index is -0.262. The van der Waals surface area contributed by atoms with E-state index >= 15 is 0 Å². The van der Waals surface area contributed by atoms with Crippen LogP contribution in [0.4, 0.5) is 17.2 Å². The molecule has 25 heavy (non-hydrogen) atoms. The van der Waals surface area contributed by atoms with E-state index in [1.165, 1.54) is 13.3 Å². The van der Waals surface area contributed by atoms with Gasteiger partial charge >= 0.3 is 0 Å². The molecule has 0 atom stereocenters. The number of carbonyl (C=O) groups excluding carboxylic acids is 2. The van der Waals surface area contributed by atoms with E-state index in [-0.39, 0.29) is 17.5 Å². The number of nitrogens with zero attached hydrogens (tertiary/aromatic N) is 2. The van der Waals surface area contributed by atoms with E-state index in [4.69, 9.17) is 4.74 Å². The van der Waals surface area contributed by atoms with Crippen molar-refractivity contribution in [1.82, 2.24) is 15.3 Å². The Labute approximate surface area is 146 Å². The molecule has 3 N–H and O–H groups in total. The summed E-state index contributed by atoms with van der Waals surface area (Å²) >= 11 is 0. The van der Waals surface area contributed by atoms with Crippen molar-refractivity contribution in [2.24, 2.45) is 0 Å². The molecule has 0 saturated carbocycles. The van der Waals surface area contributed by atoms with Crippen LogP contribution in [0.25, 0.3) is 0 Å². The van der Waals surface area contributed by atoms with Gasteiger partial charge in [0.1, 0.15) is 17.8 Å². The van der Waals surface area contributed by atoms with Crippen molar-refractivity contribution < 1.29 is 14.3 Å². The average molecular weight is 343 g/mol. The Morgan fingerprint density at radius 1 is 1.12 bits per heavy atom. The summed E-state index contributed by atoms with van der Waals surface area (Å²) in [6.07, 6.45) is 2.07. The van der Waals surface area contributed by atoms with Crippen LogP contribution in [0.1, 0.15) is 23.8 Å². The van der Waals surface area contributed by atoms with Gasteiger partial charge in [0.05, 0.1) is 0 Å². The maximum atomic E-state index is 12.0. The molecule has 0 spiro atoms. The van der Waals surface area contributed by atoms with Gasteiger partial charge < -0.3 is 20.7 Å². The van der Waals surface area contributed by atoms with Gasteiger partial charge in [0.15, 0.2) is 0 Å². The molecule has 2 amide bonds. The number of benzene rings is 1. The monoisotopic (exact) mass is 343 g/mol. The molecule has 0 aliphatic heterocycles. The maximum absolute atomic E-state index is 12.0. The molecule has 132 valence electrons. The van der Waals surface area contributed by atoms with Gasteiger partial charge in [0.2, 0.25) is 5.91 Å². The number of hydrogen-bond donors (Lipinski definition) is 3. The molecule has 1 heterocycles. The van der Waals surface area contributed by atoms with Gasteiger partial charge in [-0.05, 0) is 30.7 Å². The summed E-state index contributed by atoms with van der Waals surface area (Å²) in [6.45, 7) is 2.56. The Hall–Kier alpha value is -3.00. The van der Waals surface area contributed by atoms with E-state index in [1.807, 2.05) is 0 Å². The van der Waals surface area contributed by atoms with Gasteiger partial charge in [-0.25, -0.2) is 9.97 Å². The summed E-state index contributed by atoms with van der Waals surface area (Å²) in [7, 11) is 1.62. The summed E-state index contributed by atoms with van der Waals surface area (Å²) < 4.78 is 4.93. The quantitative estimate of drug-likeness (QED) is 0.633. The van der Waals surface area contributed by atoms with E-state index in [9.17, 15) is 9.59 Å². The molecular weight excluding hydrogens is 322 g/mol. The number of anilines is 3. The highest BCUT2D eigenvalue weighted by Crippen LogP contribution is 2.17. The molecule has 1 aromatic heterocycles. The molecule has 0 saturated heterocycles. The maximum Gasteiger partial charge on any atom is 0.270 e. The highest BCUT2D eigenvalue weighted by Gasteiger charge is 2.08. The van der Waals surface area contributed by atoms with Gasteiger partial charge in [-0.1, -0.05) is 0 Å². The first kappa shape index (κ1) is 18.3. The zero-order chi connectivity index (χ0) is 18.1. The average Bonchev–Trinajstić information content (AvgIpc) is 2.60. The summed E-state index contributed by atoms with van der Waals surface area (Å²) in [5, 5.41) is 8.56. The first-order valence-electron chi connectivity index (χ1n) is 7.82. The normalized spacial score (nSPS) is 10.2. The van der Waals surface area contributed by atoms with Crippen LogP contribution in [0.2, 0.25) is 0 Å². The second kappa shape index (κ2) is 9.33. The SMILES string of the molecule is COCCCNC(=O)c1cc(Nc2ccc(NC(C)=O)cc2)ncn1. The highest BCUT2D eigenvalue weighted by atomic mass is 16.5. The van der Waals surface area contributed by atoms with E-state index in [1.54, 1.807) is 37.4 Å². The summed E-state index contributed by atoms with van der Waals surface area (Å²) in [5.41, 5.74) is 1.76. The van der Waals surface area contributed by atoms with Crippen LogP contribution in [0.5, 0.6) is 0 Å². The highest BCUT2D eigenvalue weighted by molar-refractivity contribution is 5.93. The zero-order valence-corrected chi connectivity index (χ0v) is 14.2. The molecule has 0 radical (unpaired) electrons. The summed E-state index contributed by atoms with van der Waals surface area (Å²) in [5.74, 6) is 0.115. The van der Waals surface area contributed by atoms with Gasteiger partial charge in [0, 0.05) is 44.6 Å². The van der Waals surface area contributed by atoms with Crippen molar-refractivity contribution in [1.29, 1.82) is 0 Å². The molecular formula is C17H21N5O3. The molecule has 8 nitrogen and oxygen atoms in total. The first-order valence-corrected chi connectivity index (χ1v) is 7.82. The van der Waals surface area contributed by atoms with Gasteiger partial charge in [-0.2, -0.15) is 0 Å². The van der Waals surface area contributed by atoms with Crippen LogP contribution < -0.4 is 16.0 Å². The standard InChI is InChI=1S/C17H21N5O3/c1-12(23)21-13-4-6-14(7-5-13)22-16-10-15(19-11-20-16)17(24)18-8-3-9-25-2/h4-7,10-11H,3,8-9H2,1-2H3,(H,18,24)(H,21,23)(H,19,20,22). The largest absolute Gasteiger partial charge is 0.385 e. The molecule has 0 fully saturated rings. The molecule has 1 aromatic carbocycles. The second-order valence-electron chi connectivity index (χ2n) is 5.27. The number of ether oxygens (including phenoxy) is 1. The van der Waals surface area contributed by atoms with Crippen molar-refractivity contribution in [3.63, 3.8) is 0 Å². The summed E-state index contributed by atoms with van der Waals surface area (Å²) in [4.78, 5) is 31.2. The lowest BCUT2D eigenvalue weighted by Gasteiger charge is -2.08. The van der Waals surface area contributed by atoms with Crippen LogP contribution in [-0.4, -0.2) is 42.0 Å². The third-order valence-electron chi connectivity index (χ3n) is 3.19. The third kappa shape index (κ3) is 6.19.